The minimum Gasteiger partial charge on any atom is -0.478 e. The Balaban J connectivity index is 1.49. The lowest BCUT2D eigenvalue weighted by Gasteiger charge is -2.25. The molecule has 0 bridgehead atoms. The van der Waals surface area contributed by atoms with E-state index in [1.54, 1.807) is 38.1 Å². The first-order chi connectivity index (χ1) is 15.2. The molecule has 0 radical (unpaired) electrons. The number of hydrogen-bond donors (Lipinski definition) is 2. The summed E-state index contributed by atoms with van der Waals surface area (Å²) in [7, 11) is 0. The molecule has 0 aliphatic rings. The van der Waals surface area contributed by atoms with E-state index in [9.17, 15) is 9.59 Å². The molecule has 7 nitrogen and oxygen atoms in total. The van der Waals surface area contributed by atoms with Gasteiger partial charge in [0.05, 0.1) is 14.9 Å². The quantitative estimate of drug-likeness (QED) is 0.353. The van der Waals surface area contributed by atoms with Crippen molar-refractivity contribution in [3.63, 3.8) is 0 Å². The fraction of sp³-hybridized carbons (Fsp3) is 0.136. The van der Waals surface area contributed by atoms with Crippen LogP contribution in [0, 0.1) is 0 Å². The van der Waals surface area contributed by atoms with Gasteiger partial charge in [0.25, 0.3) is 5.91 Å². The van der Waals surface area contributed by atoms with Crippen molar-refractivity contribution in [2.75, 3.05) is 5.32 Å². The summed E-state index contributed by atoms with van der Waals surface area (Å²) in [5.74, 6) is -0.126. The Kier molecular flexibility index (Phi) is 6.10. The first kappa shape index (κ1) is 22.1. The third-order valence-corrected chi connectivity index (χ3v) is 6.21. The highest BCUT2D eigenvalue weighted by Gasteiger charge is 2.30. The van der Waals surface area contributed by atoms with Crippen molar-refractivity contribution in [1.82, 2.24) is 10.1 Å². The molecule has 0 saturated heterocycles. The van der Waals surface area contributed by atoms with Gasteiger partial charge in [-0.2, -0.15) is 0 Å². The minimum absolute atomic E-state index is 0.327. The molecule has 0 aliphatic carbocycles. The van der Waals surface area contributed by atoms with Gasteiger partial charge in [-0.15, -0.1) is 11.3 Å². The van der Waals surface area contributed by atoms with E-state index in [1.165, 1.54) is 11.3 Å². The Labute approximate surface area is 196 Å². The van der Waals surface area contributed by atoms with Crippen LogP contribution in [-0.2, 0) is 4.79 Å². The third kappa shape index (κ3) is 4.88. The first-order valence-corrected chi connectivity index (χ1v) is 11.1. The monoisotopic (exact) mass is 489 g/mol. The fourth-order valence-corrected chi connectivity index (χ4v) is 4.03. The number of halogens is 2. The number of hydrogen-bond acceptors (Lipinski definition) is 6. The lowest BCUT2D eigenvalue weighted by atomic mass is 10.1. The topological polar surface area (TPSA) is 97.2 Å². The summed E-state index contributed by atoms with van der Waals surface area (Å²) in [4.78, 5) is 27.3. The molecule has 2 heterocycles. The molecule has 1 amide bonds. The number of carbonyl (C=O) groups excluding carboxylic acids is 1. The lowest BCUT2D eigenvalue weighted by molar-refractivity contribution is -0.128. The molecule has 4 rings (SSSR count). The molecule has 10 heteroatoms. The van der Waals surface area contributed by atoms with Gasteiger partial charge < -0.3 is 10.1 Å². The maximum Gasteiger partial charge on any atom is 0.439 e. The summed E-state index contributed by atoms with van der Waals surface area (Å²) in [5.41, 5.74) is 1.25. The van der Waals surface area contributed by atoms with Crippen LogP contribution in [0.1, 0.15) is 13.8 Å². The summed E-state index contributed by atoms with van der Waals surface area (Å²) < 4.78 is 10.4. The number of anilines is 1. The van der Waals surface area contributed by atoms with Crippen LogP contribution in [0.2, 0.25) is 10.0 Å². The zero-order chi connectivity index (χ0) is 22.9. The highest BCUT2D eigenvalue weighted by molar-refractivity contribution is 7.13. The van der Waals surface area contributed by atoms with Gasteiger partial charge in [0, 0.05) is 11.8 Å². The number of benzene rings is 2. The summed E-state index contributed by atoms with van der Waals surface area (Å²) >= 11 is 13.4. The summed E-state index contributed by atoms with van der Waals surface area (Å²) in [5, 5.41) is 9.27. The fourth-order valence-electron chi connectivity index (χ4n) is 2.89. The number of nitrogens with zero attached hydrogens (tertiary/aromatic N) is 1. The van der Waals surface area contributed by atoms with Crippen LogP contribution in [0.5, 0.6) is 5.75 Å². The van der Waals surface area contributed by atoms with E-state index in [1.807, 2.05) is 29.6 Å². The summed E-state index contributed by atoms with van der Waals surface area (Å²) in [6.45, 7) is 3.33. The molecule has 0 unspecified atom stereocenters. The summed E-state index contributed by atoms with van der Waals surface area (Å²) in [6.07, 6.45) is 0. The SMILES string of the molecule is CC(C)(Oc1ccc(Cl)c(Cl)c1)C(=O)Nc1cccc(-c2csc(-c3noc(=O)[nH]3)c2)c1. The van der Waals surface area contributed by atoms with Crippen LogP contribution < -0.4 is 15.8 Å². The Hall–Kier alpha value is -3.07. The molecule has 0 aliphatic heterocycles. The summed E-state index contributed by atoms with van der Waals surface area (Å²) in [6, 6.07) is 14.1. The number of aromatic nitrogens is 2. The Morgan fingerprint density at radius 2 is 1.94 bits per heavy atom. The van der Waals surface area contributed by atoms with Crippen LogP contribution in [0.25, 0.3) is 21.8 Å². The maximum atomic E-state index is 12.9. The van der Waals surface area contributed by atoms with Crippen molar-refractivity contribution in [3.05, 3.63) is 74.5 Å². The van der Waals surface area contributed by atoms with Crippen molar-refractivity contribution in [3.8, 4) is 27.6 Å². The Bertz CT molecular complexity index is 1340. The second-order valence-electron chi connectivity index (χ2n) is 7.37. The van der Waals surface area contributed by atoms with E-state index in [2.05, 4.69) is 20.0 Å². The van der Waals surface area contributed by atoms with Gasteiger partial charge >= 0.3 is 5.76 Å². The number of H-pyrrole nitrogens is 1. The van der Waals surface area contributed by atoms with Crippen molar-refractivity contribution in [2.45, 2.75) is 19.4 Å². The number of aromatic amines is 1. The number of amides is 1. The largest absolute Gasteiger partial charge is 0.478 e. The molecule has 4 aromatic rings. The predicted molar refractivity (Wildman–Crippen MR) is 126 cm³/mol. The molecule has 164 valence electrons. The van der Waals surface area contributed by atoms with E-state index in [0.717, 1.165) is 16.0 Å². The molecule has 2 aromatic heterocycles. The second-order valence-corrected chi connectivity index (χ2v) is 9.09. The first-order valence-electron chi connectivity index (χ1n) is 9.42. The van der Waals surface area contributed by atoms with Crippen molar-refractivity contribution in [2.24, 2.45) is 0 Å². The second kappa shape index (κ2) is 8.82. The van der Waals surface area contributed by atoms with Gasteiger partial charge in [0.15, 0.2) is 11.4 Å². The number of rotatable bonds is 6. The van der Waals surface area contributed by atoms with Crippen molar-refractivity contribution < 1.29 is 14.1 Å². The van der Waals surface area contributed by atoms with Crippen molar-refractivity contribution >= 4 is 46.1 Å². The number of thiophene rings is 1. The highest BCUT2D eigenvalue weighted by atomic mass is 35.5. The molecule has 0 atom stereocenters. The van der Waals surface area contributed by atoms with Crippen LogP contribution in [0.15, 0.2) is 63.2 Å². The molecule has 0 fully saturated rings. The average molecular weight is 490 g/mol. The molecule has 2 aromatic carbocycles. The standard InChI is InChI=1S/C22H17Cl2N3O4S/c1-22(2,30-15-6-7-16(23)17(24)10-15)20(28)25-14-5-3-4-12(8-14)13-9-18(32-11-13)19-26-21(29)31-27-19/h3-11H,1-2H3,(H,25,28)(H,26,27,29). The average Bonchev–Trinajstić information content (AvgIpc) is 3.40. The Morgan fingerprint density at radius 3 is 2.66 bits per heavy atom. The maximum absolute atomic E-state index is 12.9. The number of ether oxygens (including phenoxy) is 1. The van der Waals surface area contributed by atoms with Crippen LogP contribution in [0.4, 0.5) is 5.69 Å². The van der Waals surface area contributed by atoms with Crippen LogP contribution in [0.3, 0.4) is 0 Å². The smallest absolute Gasteiger partial charge is 0.439 e. The molecular formula is C22H17Cl2N3O4S. The van der Waals surface area contributed by atoms with Gasteiger partial charge in [-0.25, -0.2) is 4.79 Å². The van der Waals surface area contributed by atoms with Gasteiger partial charge in [-0.1, -0.05) is 40.5 Å². The lowest BCUT2D eigenvalue weighted by Crippen LogP contribution is -2.42. The van der Waals surface area contributed by atoms with E-state index in [-0.39, 0.29) is 5.91 Å². The Morgan fingerprint density at radius 1 is 1.12 bits per heavy atom. The molecule has 0 spiro atoms. The van der Waals surface area contributed by atoms with Gasteiger partial charge in [0.2, 0.25) is 0 Å². The van der Waals surface area contributed by atoms with E-state index >= 15 is 0 Å². The normalized spacial score (nSPS) is 11.4. The van der Waals surface area contributed by atoms with Crippen molar-refractivity contribution in [1.29, 1.82) is 0 Å². The highest BCUT2D eigenvalue weighted by Crippen LogP contribution is 2.32. The van der Waals surface area contributed by atoms with E-state index in [0.29, 0.717) is 27.3 Å². The van der Waals surface area contributed by atoms with Crippen LogP contribution >= 0.6 is 34.5 Å². The molecule has 32 heavy (non-hydrogen) atoms. The zero-order valence-electron chi connectivity index (χ0n) is 16.9. The van der Waals surface area contributed by atoms with Gasteiger partial charge in [-0.3, -0.25) is 14.3 Å². The third-order valence-electron chi connectivity index (χ3n) is 4.54. The van der Waals surface area contributed by atoms with E-state index < -0.39 is 11.4 Å². The molecule has 2 N–H and O–H groups in total. The number of carbonyl (C=O) groups is 1. The minimum atomic E-state index is -1.17. The van der Waals surface area contributed by atoms with Gasteiger partial charge in [0.1, 0.15) is 5.75 Å². The number of nitrogens with one attached hydrogen (secondary N) is 2. The van der Waals surface area contributed by atoms with E-state index in [4.69, 9.17) is 27.9 Å². The zero-order valence-corrected chi connectivity index (χ0v) is 19.3. The van der Waals surface area contributed by atoms with Gasteiger partial charge in [-0.05, 0) is 60.7 Å². The predicted octanol–water partition coefficient (Wildman–Crippen LogP) is 5.86. The molecule has 0 saturated carbocycles. The molecular weight excluding hydrogens is 473 g/mol. The van der Waals surface area contributed by atoms with Crippen LogP contribution in [-0.4, -0.2) is 21.6 Å².